The number of hydrogen-bond donors (Lipinski definition) is 1. The Kier molecular flexibility index (Phi) is 5.24. The molecule has 0 saturated heterocycles. The number of ether oxygens (including phenoxy) is 2. The van der Waals surface area contributed by atoms with Crippen LogP contribution in [-0.2, 0) is 11.3 Å². The number of nitrogens with one attached hydrogen (secondary N) is 1. The molecule has 5 nitrogen and oxygen atoms in total. The van der Waals surface area contributed by atoms with E-state index in [1.54, 1.807) is 0 Å². The second-order valence-corrected chi connectivity index (χ2v) is 6.37. The van der Waals surface area contributed by atoms with Gasteiger partial charge in [0, 0.05) is 12.2 Å². The van der Waals surface area contributed by atoms with Crippen LogP contribution >= 0.6 is 0 Å². The highest BCUT2D eigenvalue weighted by molar-refractivity contribution is 5.95. The molecule has 0 saturated carbocycles. The maximum atomic E-state index is 12.5. The normalized spacial score (nSPS) is 14.2. The lowest BCUT2D eigenvalue weighted by molar-refractivity contribution is -0.120. The number of nitrogens with zero attached hydrogens (tertiary/aromatic N) is 1. The summed E-state index contributed by atoms with van der Waals surface area (Å²) >= 11 is 0. The molecule has 5 heteroatoms. The molecule has 0 fully saturated rings. The minimum absolute atomic E-state index is 0.0191. The van der Waals surface area contributed by atoms with Crippen molar-refractivity contribution in [1.82, 2.24) is 4.90 Å². The lowest BCUT2D eigenvalue weighted by Crippen LogP contribution is -2.39. The number of amides is 1. The first-order valence-electron chi connectivity index (χ1n) is 8.50. The van der Waals surface area contributed by atoms with Crippen molar-refractivity contribution in [2.24, 2.45) is 0 Å². The summed E-state index contributed by atoms with van der Waals surface area (Å²) < 4.78 is 11.2. The number of carbonyl (C=O) groups excluding carboxylic acids is 1. The molecule has 0 bridgehead atoms. The van der Waals surface area contributed by atoms with Gasteiger partial charge in [-0.05, 0) is 50.2 Å². The number of rotatable bonds is 5. The lowest BCUT2D eigenvalue weighted by Gasteiger charge is -2.25. The van der Waals surface area contributed by atoms with Gasteiger partial charge in [0.2, 0.25) is 5.91 Å². The molecule has 0 unspecified atom stereocenters. The van der Waals surface area contributed by atoms with Crippen LogP contribution in [0.1, 0.15) is 18.1 Å². The van der Waals surface area contributed by atoms with Crippen LogP contribution in [-0.4, -0.2) is 37.1 Å². The predicted molar refractivity (Wildman–Crippen MR) is 98.2 cm³/mol. The molecule has 1 aliphatic heterocycles. The highest BCUT2D eigenvalue weighted by Crippen LogP contribution is 2.31. The van der Waals surface area contributed by atoms with Crippen molar-refractivity contribution in [2.45, 2.75) is 26.4 Å². The van der Waals surface area contributed by atoms with Gasteiger partial charge in [-0.25, -0.2) is 0 Å². The molecule has 1 heterocycles. The van der Waals surface area contributed by atoms with Crippen LogP contribution in [0, 0.1) is 6.92 Å². The summed E-state index contributed by atoms with van der Waals surface area (Å²) in [4.78, 5) is 14.5. The molecule has 0 aromatic heterocycles. The van der Waals surface area contributed by atoms with Crippen LogP contribution in [0.25, 0.3) is 0 Å². The Labute approximate surface area is 148 Å². The maximum Gasteiger partial charge on any atom is 0.241 e. The largest absolute Gasteiger partial charge is 0.486 e. The number of para-hydroxylation sites is 1. The van der Waals surface area contributed by atoms with E-state index >= 15 is 0 Å². The molecule has 0 radical (unpaired) electrons. The van der Waals surface area contributed by atoms with E-state index in [1.807, 2.05) is 68.3 Å². The SMILES string of the molecule is Cc1ccccc1NC(=O)[C@H](C)N(C)Cc1ccc2c(c1)OCCO2. The van der Waals surface area contributed by atoms with Gasteiger partial charge in [0.1, 0.15) is 13.2 Å². The molecule has 3 rings (SSSR count). The quantitative estimate of drug-likeness (QED) is 0.908. The van der Waals surface area contributed by atoms with E-state index in [2.05, 4.69) is 5.32 Å². The topological polar surface area (TPSA) is 50.8 Å². The van der Waals surface area contributed by atoms with Crippen LogP contribution in [0.2, 0.25) is 0 Å². The van der Waals surface area contributed by atoms with E-state index < -0.39 is 0 Å². The van der Waals surface area contributed by atoms with Crippen molar-refractivity contribution in [1.29, 1.82) is 0 Å². The number of fused-ring (bicyclic) bond motifs is 1. The van der Waals surface area contributed by atoms with Gasteiger partial charge < -0.3 is 14.8 Å². The zero-order valence-electron chi connectivity index (χ0n) is 14.9. The van der Waals surface area contributed by atoms with Crippen LogP contribution in [0.5, 0.6) is 11.5 Å². The summed E-state index contributed by atoms with van der Waals surface area (Å²) in [6.45, 7) is 5.70. The van der Waals surface area contributed by atoms with E-state index in [-0.39, 0.29) is 11.9 Å². The molecular formula is C20H24N2O3. The first-order valence-corrected chi connectivity index (χ1v) is 8.50. The standard InChI is InChI=1S/C20H24N2O3/c1-14-6-4-5-7-17(14)21-20(23)15(2)22(3)13-16-8-9-18-19(12-16)25-11-10-24-18/h4-9,12,15H,10-11,13H2,1-3H3,(H,21,23)/t15-/m0/s1. The Balaban J connectivity index is 1.63. The molecule has 132 valence electrons. The van der Waals surface area contributed by atoms with E-state index in [1.165, 1.54) is 0 Å². The van der Waals surface area contributed by atoms with Gasteiger partial charge in [-0.1, -0.05) is 24.3 Å². The van der Waals surface area contributed by atoms with Gasteiger partial charge in [0.15, 0.2) is 11.5 Å². The molecule has 0 spiro atoms. The molecule has 1 amide bonds. The summed E-state index contributed by atoms with van der Waals surface area (Å²) in [7, 11) is 1.94. The van der Waals surface area contributed by atoms with E-state index in [0.717, 1.165) is 28.3 Å². The van der Waals surface area contributed by atoms with E-state index in [9.17, 15) is 4.79 Å². The Morgan fingerprint density at radius 1 is 1.16 bits per heavy atom. The molecule has 25 heavy (non-hydrogen) atoms. The van der Waals surface area contributed by atoms with Crippen molar-refractivity contribution < 1.29 is 14.3 Å². The summed E-state index contributed by atoms with van der Waals surface area (Å²) in [5.41, 5.74) is 2.99. The first kappa shape index (κ1) is 17.3. The third-order valence-corrected chi connectivity index (χ3v) is 4.48. The number of benzene rings is 2. The van der Waals surface area contributed by atoms with Crippen LogP contribution < -0.4 is 14.8 Å². The highest BCUT2D eigenvalue weighted by atomic mass is 16.6. The van der Waals surface area contributed by atoms with Crippen molar-refractivity contribution in [3.8, 4) is 11.5 Å². The second-order valence-electron chi connectivity index (χ2n) is 6.37. The fourth-order valence-electron chi connectivity index (χ4n) is 2.76. The third kappa shape index (κ3) is 4.12. The van der Waals surface area contributed by atoms with Crippen molar-refractivity contribution in [2.75, 3.05) is 25.6 Å². The van der Waals surface area contributed by atoms with E-state index in [4.69, 9.17) is 9.47 Å². The average Bonchev–Trinajstić information content (AvgIpc) is 2.62. The first-order chi connectivity index (χ1) is 12.0. The van der Waals surface area contributed by atoms with Crippen molar-refractivity contribution in [3.63, 3.8) is 0 Å². The monoisotopic (exact) mass is 340 g/mol. The summed E-state index contributed by atoms with van der Waals surface area (Å²) in [5, 5.41) is 3.00. The number of carbonyl (C=O) groups is 1. The van der Waals surface area contributed by atoms with Gasteiger partial charge >= 0.3 is 0 Å². The number of likely N-dealkylation sites (N-methyl/N-ethyl adjacent to an activating group) is 1. The summed E-state index contributed by atoms with van der Waals surface area (Å²) in [6, 6.07) is 13.4. The molecule has 1 atom stereocenters. The highest BCUT2D eigenvalue weighted by Gasteiger charge is 2.20. The van der Waals surface area contributed by atoms with Crippen LogP contribution in [0.3, 0.4) is 0 Å². The Morgan fingerprint density at radius 3 is 2.64 bits per heavy atom. The molecular weight excluding hydrogens is 316 g/mol. The van der Waals surface area contributed by atoms with Gasteiger partial charge in [-0.15, -0.1) is 0 Å². The Bertz CT molecular complexity index is 760. The molecule has 2 aromatic rings. The van der Waals surface area contributed by atoms with Gasteiger partial charge in [-0.3, -0.25) is 9.69 Å². The average molecular weight is 340 g/mol. The van der Waals surface area contributed by atoms with E-state index in [0.29, 0.717) is 19.8 Å². The molecule has 1 aliphatic rings. The number of anilines is 1. The number of aryl methyl sites for hydroxylation is 1. The summed E-state index contributed by atoms with van der Waals surface area (Å²) in [6.07, 6.45) is 0. The number of hydrogen-bond acceptors (Lipinski definition) is 4. The summed E-state index contributed by atoms with van der Waals surface area (Å²) in [5.74, 6) is 1.53. The maximum absolute atomic E-state index is 12.5. The zero-order chi connectivity index (χ0) is 17.8. The van der Waals surface area contributed by atoms with Crippen LogP contribution in [0.4, 0.5) is 5.69 Å². The predicted octanol–water partition coefficient (Wildman–Crippen LogP) is 3.23. The zero-order valence-corrected chi connectivity index (χ0v) is 14.9. The Morgan fingerprint density at radius 2 is 1.88 bits per heavy atom. The van der Waals surface area contributed by atoms with Crippen molar-refractivity contribution in [3.05, 3.63) is 53.6 Å². The minimum atomic E-state index is -0.257. The molecule has 0 aliphatic carbocycles. The van der Waals surface area contributed by atoms with Gasteiger partial charge in [0.05, 0.1) is 6.04 Å². The fraction of sp³-hybridized carbons (Fsp3) is 0.350. The third-order valence-electron chi connectivity index (χ3n) is 4.48. The van der Waals surface area contributed by atoms with Crippen molar-refractivity contribution >= 4 is 11.6 Å². The van der Waals surface area contributed by atoms with Gasteiger partial charge in [-0.2, -0.15) is 0 Å². The van der Waals surface area contributed by atoms with Gasteiger partial charge in [0.25, 0.3) is 0 Å². The Hall–Kier alpha value is -2.53. The minimum Gasteiger partial charge on any atom is -0.486 e. The fourth-order valence-corrected chi connectivity index (χ4v) is 2.76. The van der Waals surface area contributed by atoms with Crippen LogP contribution in [0.15, 0.2) is 42.5 Å². The smallest absolute Gasteiger partial charge is 0.241 e. The molecule has 2 aromatic carbocycles. The lowest BCUT2D eigenvalue weighted by atomic mass is 10.1. The molecule has 1 N–H and O–H groups in total. The second kappa shape index (κ2) is 7.57.